The maximum Gasteiger partial charge on any atom is 0.302 e. The predicted molar refractivity (Wildman–Crippen MR) is 45.9 cm³/mol. The molecule has 0 radical (unpaired) electrons. The van der Waals surface area contributed by atoms with Crippen molar-refractivity contribution in [2.45, 2.75) is 32.9 Å². The molecule has 0 aliphatic carbocycles. The summed E-state index contributed by atoms with van der Waals surface area (Å²) >= 11 is 0. The van der Waals surface area contributed by atoms with Gasteiger partial charge in [-0.2, -0.15) is 0 Å². The van der Waals surface area contributed by atoms with Crippen molar-refractivity contribution in [1.82, 2.24) is 14.8 Å². The van der Waals surface area contributed by atoms with Gasteiger partial charge in [-0.05, 0) is 6.42 Å². The van der Waals surface area contributed by atoms with E-state index < -0.39 is 0 Å². The van der Waals surface area contributed by atoms with Crippen LogP contribution in [-0.4, -0.2) is 26.8 Å². The third-order valence-corrected chi connectivity index (χ3v) is 1.67. The number of ether oxygens (including phenoxy) is 1. The largest absolute Gasteiger partial charge is 0.461 e. The van der Waals surface area contributed by atoms with E-state index in [-0.39, 0.29) is 12.1 Å². The van der Waals surface area contributed by atoms with Gasteiger partial charge in [-0.3, -0.25) is 4.79 Å². The van der Waals surface area contributed by atoms with Crippen molar-refractivity contribution >= 4 is 5.97 Å². The molecule has 0 aliphatic heterocycles. The van der Waals surface area contributed by atoms with Gasteiger partial charge in [0.2, 0.25) is 0 Å². The van der Waals surface area contributed by atoms with Crippen LogP contribution in [0.1, 0.15) is 20.3 Å². The molecule has 1 rings (SSSR count). The van der Waals surface area contributed by atoms with Crippen LogP contribution in [0.5, 0.6) is 0 Å². The van der Waals surface area contributed by atoms with Gasteiger partial charge >= 0.3 is 5.97 Å². The highest BCUT2D eigenvalue weighted by molar-refractivity contribution is 5.66. The highest BCUT2D eigenvalue weighted by atomic mass is 16.5. The van der Waals surface area contributed by atoms with Crippen molar-refractivity contribution in [2.75, 3.05) is 0 Å². The third-order valence-electron chi connectivity index (χ3n) is 1.67. The number of esters is 1. The molecule has 0 N–H and O–H groups in total. The number of hydrogen-bond acceptors (Lipinski definition) is 4. The van der Waals surface area contributed by atoms with Crippen LogP contribution in [-0.2, 0) is 16.1 Å². The van der Waals surface area contributed by atoms with E-state index in [1.807, 2.05) is 6.92 Å². The van der Waals surface area contributed by atoms with Gasteiger partial charge < -0.3 is 9.30 Å². The topological polar surface area (TPSA) is 57.0 Å². The molecule has 0 saturated heterocycles. The minimum Gasteiger partial charge on any atom is -0.461 e. The van der Waals surface area contributed by atoms with Crippen LogP contribution >= 0.6 is 0 Å². The maximum absolute atomic E-state index is 10.7. The molecule has 0 aromatic carbocycles. The molecule has 1 heterocycles. The van der Waals surface area contributed by atoms with Crippen LogP contribution < -0.4 is 0 Å². The first kappa shape index (κ1) is 9.70. The Morgan fingerprint density at radius 2 is 2.15 bits per heavy atom. The molecule has 13 heavy (non-hydrogen) atoms. The van der Waals surface area contributed by atoms with Gasteiger partial charge in [0.15, 0.2) is 0 Å². The predicted octanol–water partition coefficient (Wildman–Crippen LogP) is 0.620. The Bertz CT molecular complexity index is 258. The molecule has 1 atom stereocenters. The van der Waals surface area contributed by atoms with Crippen molar-refractivity contribution < 1.29 is 9.53 Å². The molecule has 5 nitrogen and oxygen atoms in total. The molecule has 1 aromatic rings. The van der Waals surface area contributed by atoms with Crippen molar-refractivity contribution in [1.29, 1.82) is 0 Å². The molecule has 5 heteroatoms. The van der Waals surface area contributed by atoms with E-state index in [0.717, 1.165) is 6.42 Å². The minimum absolute atomic E-state index is 0.0894. The van der Waals surface area contributed by atoms with Crippen molar-refractivity contribution in [3.05, 3.63) is 12.7 Å². The molecule has 0 spiro atoms. The van der Waals surface area contributed by atoms with E-state index in [9.17, 15) is 4.79 Å². The molecule has 1 aromatic heterocycles. The summed E-state index contributed by atoms with van der Waals surface area (Å²) < 4.78 is 6.85. The van der Waals surface area contributed by atoms with E-state index >= 15 is 0 Å². The molecule has 0 aliphatic rings. The van der Waals surface area contributed by atoms with Gasteiger partial charge in [-0.1, -0.05) is 6.92 Å². The van der Waals surface area contributed by atoms with E-state index in [0.29, 0.717) is 6.54 Å². The van der Waals surface area contributed by atoms with E-state index in [2.05, 4.69) is 10.2 Å². The Hall–Kier alpha value is -1.39. The number of nitrogens with zero attached hydrogens (tertiary/aromatic N) is 3. The Morgan fingerprint density at radius 1 is 1.54 bits per heavy atom. The quantitative estimate of drug-likeness (QED) is 0.642. The Balaban J connectivity index is 2.45. The van der Waals surface area contributed by atoms with Crippen LogP contribution in [0.3, 0.4) is 0 Å². The summed E-state index contributed by atoms with van der Waals surface area (Å²) in [5.41, 5.74) is 0. The second-order valence-electron chi connectivity index (χ2n) is 2.80. The average molecular weight is 183 g/mol. The van der Waals surface area contributed by atoms with E-state index in [1.165, 1.54) is 6.92 Å². The second kappa shape index (κ2) is 4.59. The Labute approximate surface area is 76.7 Å². The fourth-order valence-corrected chi connectivity index (χ4v) is 1.04. The van der Waals surface area contributed by atoms with Crippen LogP contribution in [0.4, 0.5) is 0 Å². The standard InChI is InChI=1S/C8H13N3O2/c1-3-8(13-7(2)12)4-11-5-9-10-6-11/h5-6,8H,3-4H2,1-2H3. The summed E-state index contributed by atoms with van der Waals surface area (Å²) in [5.74, 6) is -0.250. The van der Waals surface area contributed by atoms with Gasteiger partial charge in [-0.15, -0.1) is 10.2 Å². The van der Waals surface area contributed by atoms with Gasteiger partial charge in [0, 0.05) is 6.92 Å². The minimum atomic E-state index is -0.250. The first-order chi connectivity index (χ1) is 6.22. The molecule has 72 valence electrons. The van der Waals surface area contributed by atoms with Gasteiger partial charge in [0.1, 0.15) is 18.8 Å². The van der Waals surface area contributed by atoms with Crippen molar-refractivity contribution in [3.63, 3.8) is 0 Å². The lowest BCUT2D eigenvalue weighted by atomic mass is 10.3. The Morgan fingerprint density at radius 3 is 2.62 bits per heavy atom. The fourth-order valence-electron chi connectivity index (χ4n) is 1.04. The van der Waals surface area contributed by atoms with Gasteiger partial charge in [-0.25, -0.2) is 0 Å². The highest BCUT2D eigenvalue weighted by Gasteiger charge is 2.09. The van der Waals surface area contributed by atoms with Crippen LogP contribution in [0.25, 0.3) is 0 Å². The molecular formula is C8H13N3O2. The molecule has 1 unspecified atom stereocenters. The first-order valence-corrected chi connectivity index (χ1v) is 4.22. The summed E-state index contributed by atoms with van der Waals surface area (Å²) in [4.78, 5) is 10.7. The zero-order valence-electron chi connectivity index (χ0n) is 7.80. The van der Waals surface area contributed by atoms with Crippen LogP contribution in [0, 0.1) is 0 Å². The van der Waals surface area contributed by atoms with E-state index in [1.54, 1.807) is 17.2 Å². The van der Waals surface area contributed by atoms with Crippen molar-refractivity contribution in [3.8, 4) is 0 Å². The SMILES string of the molecule is CCC(Cn1cnnc1)OC(C)=O. The monoisotopic (exact) mass is 183 g/mol. The lowest BCUT2D eigenvalue weighted by Crippen LogP contribution is -2.21. The number of carbonyl (C=O) groups excluding carboxylic acids is 1. The lowest BCUT2D eigenvalue weighted by Gasteiger charge is -2.14. The molecule has 0 amide bonds. The Kier molecular flexibility index (Phi) is 3.42. The maximum atomic E-state index is 10.7. The number of hydrogen-bond donors (Lipinski definition) is 0. The first-order valence-electron chi connectivity index (χ1n) is 4.22. The third kappa shape index (κ3) is 3.23. The normalized spacial score (nSPS) is 12.5. The zero-order valence-corrected chi connectivity index (χ0v) is 7.80. The fraction of sp³-hybridized carbons (Fsp3) is 0.625. The summed E-state index contributed by atoms with van der Waals surface area (Å²) in [6.45, 7) is 4.00. The summed E-state index contributed by atoms with van der Waals surface area (Å²) in [6.07, 6.45) is 3.91. The molecule has 0 bridgehead atoms. The summed E-state index contributed by atoms with van der Waals surface area (Å²) in [7, 11) is 0. The summed E-state index contributed by atoms with van der Waals surface area (Å²) in [5, 5.41) is 7.32. The van der Waals surface area contributed by atoms with Gasteiger partial charge in [0.05, 0.1) is 6.54 Å². The number of rotatable bonds is 4. The smallest absolute Gasteiger partial charge is 0.302 e. The zero-order chi connectivity index (χ0) is 9.68. The second-order valence-corrected chi connectivity index (χ2v) is 2.80. The number of aromatic nitrogens is 3. The molecular weight excluding hydrogens is 170 g/mol. The van der Waals surface area contributed by atoms with E-state index in [4.69, 9.17) is 4.74 Å². The lowest BCUT2D eigenvalue weighted by molar-refractivity contribution is -0.147. The molecule has 0 fully saturated rings. The molecule has 0 saturated carbocycles. The van der Waals surface area contributed by atoms with Crippen LogP contribution in [0.2, 0.25) is 0 Å². The highest BCUT2D eigenvalue weighted by Crippen LogP contribution is 2.01. The van der Waals surface area contributed by atoms with Crippen molar-refractivity contribution in [2.24, 2.45) is 0 Å². The van der Waals surface area contributed by atoms with Crippen LogP contribution in [0.15, 0.2) is 12.7 Å². The average Bonchev–Trinajstić information content (AvgIpc) is 2.55. The number of carbonyl (C=O) groups is 1. The van der Waals surface area contributed by atoms with Gasteiger partial charge in [0.25, 0.3) is 0 Å². The summed E-state index contributed by atoms with van der Waals surface area (Å²) in [6, 6.07) is 0.